The molecule has 1 saturated heterocycles. The summed E-state index contributed by atoms with van der Waals surface area (Å²) < 4.78 is 11.8. The Labute approximate surface area is 197 Å². The number of imide groups is 1. The molecule has 2 aliphatic heterocycles. The van der Waals surface area contributed by atoms with Crippen LogP contribution < -0.4 is 0 Å². The summed E-state index contributed by atoms with van der Waals surface area (Å²) in [5, 5.41) is 0.0561. The molecule has 0 bridgehead atoms. The summed E-state index contributed by atoms with van der Waals surface area (Å²) >= 11 is 0. The van der Waals surface area contributed by atoms with Gasteiger partial charge in [-0.3, -0.25) is 19.4 Å². The van der Waals surface area contributed by atoms with E-state index in [-0.39, 0.29) is 42.2 Å². The van der Waals surface area contributed by atoms with E-state index in [1.54, 1.807) is 35.2 Å². The van der Waals surface area contributed by atoms with Crippen molar-refractivity contribution in [3.63, 3.8) is 0 Å². The Hall–Kier alpha value is -2.71. The van der Waals surface area contributed by atoms with Gasteiger partial charge in [-0.2, -0.15) is 0 Å². The average Bonchev–Trinajstić information content (AvgIpc) is 3.25. The number of rotatable bonds is 7. The molecular formula is C25H34N2O5Si. The monoisotopic (exact) mass is 470 g/mol. The van der Waals surface area contributed by atoms with Crippen molar-refractivity contribution in [3.05, 3.63) is 60.2 Å². The maximum Gasteiger partial charge on any atom is 0.410 e. The highest BCUT2D eigenvalue weighted by Crippen LogP contribution is 2.39. The number of likely N-dealkylation sites (tertiary alicyclic amines) is 1. The molecule has 2 heterocycles. The molecule has 0 N–H and O–H groups in total. The molecule has 0 spiro atoms. The Morgan fingerprint density at radius 3 is 2.33 bits per heavy atom. The molecule has 0 aromatic heterocycles. The third kappa shape index (κ3) is 5.28. The number of amides is 3. The fraction of sp³-hybridized carbons (Fsp3) is 0.480. The van der Waals surface area contributed by atoms with Crippen molar-refractivity contribution in [2.45, 2.75) is 57.5 Å². The molecule has 8 heteroatoms. The number of hydrogen-bond donors (Lipinski definition) is 0. The van der Waals surface area contributed by atoms with Gasteiger partial charge in [0, 0.05) is 13.1 Å². The zero-order valence-electron chi connectivity index (χ0n) is 20.2. The van der Waals surface area contributed by atoms with Gasteiger partial charge < -0.3 is 9.16 Å². The van der Waals surface area contributed by atoms with Crippen LogP contribution in [0.5, 0.6) is 0 Å². The van der Waals surface area contributed by atoms with E-state index in [0.717, 1.165) is 0 Å². The Morgan fingerprint density at radius 1 is 1.18 bits per heavy atom. The molecule has 1 fully saturated rings. The van der Waals surface area contributed by atoms with E-state index >= 15 is 0 Å². The van der Waals surface area contributed by atoms with E-state index in [1.165, 1.54) is 11.0 Å². The first-order valence-electron chi connectivity index (χ1n) is 11.3. The Morgan fingerprint density at radius 2 is 1.79 bits per heavy atom. The molecule has 3 rings (SSSR count). The number of fused-ring (bicyclic) bond motifs is 1. The molecule has 2 aliphatic rings. The number of hydrogen-bond acceptors (Lipinski definition) is 5. The summed E-state index contributed by atoms with van der Waals surface area (Å²) in [5.41, 5.74) is 0.850. The van der Waals surface area contributed by atoms with Crippen molar-refractivity contribution in [3.8, 4) is 0 Å². The topological polar surface area (TPSA) is 76.2 Å². The predicted molar refractivity (Wildman–Crippen MR) is 130 cm³/mol. The van der Waals surface area contributed by atoms with Crippen molar-refractivity contribution in [2.24, 2.45) is 0 Å². The van der Waals surface area contributed by atoms with E-state index in [4.69, 9.17) is 9.16 Å². The van der Waals surface area contributed by atoms with Gasteiger partial charge >= 0.3 is 6.09 Å². The number of nitrogens with zero attached hydrogens (tertiary/aromatic N) is 2. The number of carbonyl (C=O) groups excluding carboxylic acids is 3. The second-order valence-corrected chi connectivity index (χ2v) is 14.8. The van der Waals surface area contributed by atoms with Crippen LogP contribution in [0.25, 0.3) is 0 Å². The maximum absolute atomic E-state index is 12.7. The molecule has 0 radical (unpaired) electrons. The SMILES string of the molecule is C=CCOC(=O)N1C[C@H](O[Si](C)(C)C(C)(C)C)C[C@H]1/C=C/CN1C(=O)c2ccccc2C1=O. The summed E-state index contributed by atoms with van der Waals surface area (Å²) in [6.45, 7) is 15.2. The molecule has 3 amide bonds. The predicted octanol–water partition coefficient (Wildman–Crippen LogP) is 4.63. The van der Waals surface area contributed by atoms with Crippen LogP contribution in [0.4, 0.5) is 4.79 Å². The fourth-order valence-electron chi connectivity index (χ4n) is 3.84. The summed E-state index contributed by atoms with van der Waals surface area (Å²) in [5.74, 6) is -0.596. The molecule has 33 heavy (non-hydrogen) atoms. The third-order valence-electron chi connectivity index (χ3n) is 6.66. The molecular weight excluding hydrogens is 436 g/mol. The van der Waals surface area contributed by atoms with E-state index in [0.29, 0.717) is 24.1 Å². The second-order valence-electron chi connectivity index (χ2n) is 10.0. The van der Waals surface area contributed by atoms with Crippen LogP contribution in [0.1, 0.15) is 47.9 Å². The van der Waals surface area contributed by atoms with Gasteiger partial charge in [-0.1, -0.05) is 57.7 Å². The van der Waals surface area contributed by atoms with Gasteiger partial charge in [0.15, 0.2) is 8.32 Å². The quantitative estimate of drug-likeness (QED) is 0.330. The molecule has 0 saturated carbocycles. The van der Waals surface area contributed by atoms with E-state index in [2.05, 4.69) is 40.4 Å². The molecule has 178 valence electrons. The zero-order chi connectivity index (χ0) is 24.4. The second kappa shape index (κ2) is 9.65. The summed E-state index contributed by atoms with van der Waals surface area (Å²) in [7, 11) is -2.01. The van der Waals surface area contributed by atoms with Crippen LogP contribution in [-0.2, 0) is 9.16 Å². The van der Waals surface area contributed by atoms with Crippen LogP contribution in [0, 0.1) is 0 Å². The Bertz CT molecular complexity index is 931. The van der Waals surface area contributed by atoms with Gasteiger partial charge in [-0.05, 0) is 36.7 Å². The van der Waals surface area contributed by atoms with Gasteiger partial charge in [0.2, 0.25) is 0 Å². The lowest BCUT2D eigenvalue weighted by molar-refractivity contribution is 0.0671. The normalized spacial score (nSPS) is 21.1. The van der Waals surface area contributed by atoms with Crippen LogP contribution in [0.3, 0.4) is 0 Å². The highest BCUT2D eigenvalue weighted by Gasteiger charge is 2.43. The van der Waals surface area contributed by atoms with Crippen LogP contribution in [0.15, 0.2) is 49.1 Å². The molecule has 7 nitrogen and oxygen atoms in total. The van der Waals surface area contributed by atoms with Crippen molar-refractivity contribution in [1.29, 1.82) is 0 Å². The first-order chi connectivity index (χ1) is 15.5. The van der Waals surface area contributed by atoms with Gasteiger partial charge in [0.1, 0.15) is 6.61 Å². The lowest BCUT2D eigenvalue weighted by Gasteiger charge is -2.38. The number of benzene rings is 1. The van der Waals surface area contributed by atoms with Crippen molar-refractivity contribution < 1.29 is 23.5 Å². The molecule has 0 unspecified atom stereocenters. The maximum atomic E-state index is 12.7. The summed E-state index contributed by atoms with van der Waals surface area (Å²) in [4.78, 5) is 40.7. The molecule has 0 aliphatic carbocycles. The van der Waals surface area contributed by atoms with Gasteiger partial charge in [0.05, 0.1) is 23.3 Å². The first kappa shape index (κ1) is 24.9. The third-order valence-corrected chi connectivity index (χ3v) is 11.2. The van der Waals surface area contributed by atoms with Crippen LogP contribution >= 0.6 is 0 Å². The fourth-order valence-corrected chi connectivity index (χ4v) is 5.20. The molecule has 2 atom stereocenters. The number of ether oxygens (including phenoxy) is 1. The lowest BCUT2D eigenvalue weighted by atomic mass is 10.1. The van der Waals surface area contributed by atoms with Crippen molar-refractivity contribution in [1.82, 2.24) is 9.80 Å². The minimum atomic E-state index is -2.01. The average molecular weight is 471 g/mol. The van der Waals surface area contributed by atoms with E-state index in [1.807, 2.05) is 6.08 Å². The van der Waals surface area contributed by atoms with Gasteiger partial charge in [-0.25, -0.2) is 4.79 Å². The first-order valence-corrected chi connectivity index (χ1v) is 14.2. The highest BCUT2D eigenvalue weighted by atomic mass is 28.4. The largest absolute Gasteiger partial charge is 0.445 e. The minimum absolute atomic E-state index is 0.0561. The Kier molecular flexibility index (Phi) is 7.28. The van der Waals surface area contributed by atoms with E-state index in [9.17, 15) is 14.4 Å². The van der Waals surface area contributed by atoms with Crippen molar-refractivity contribution >= 4 is 26.2 Å². The smallest absolute Gasteiger partial charge is 0.410 e. The highest BCUT2D eigenvalue weighted by molar-refractivity contribution is 6.74. The van der Waals surface area contributed by atoms with Crippen molar-refractivity contribution in [2.75, 3.05) is 19.7 Å². The summed E-state index contributed by atoms with van der Waals surface area (Å²) in [6.07, 6.45) is 5.28. The molecule has 1 aromatic rings. The molecule has 1 aromatic carbocycles. The number of carbonyl (C=O) groups is 3. The lowest BCUT2D eigenvalue weighted by Crippen LogP contribution is -2.44. The zero-order valence-corrected chi connectivity index (χ0v) is 21.2. The standard InChI is InChI=1S/C25H34N2O5Si/c1-7-15-31-24(30)27-17-19(32-33(5,6)25(2,3)4)16-18(27)11-10-14-26-22(28)20-12-8-9-13-21(20)23(26)29/h7-13,18-19H,1,14-17H2,2-6H3/b11-10+/t18-,19-/m1/s1. The summed E-state index contributed by atoms with van der Waals surface area (Å²) in [6, 6.07) is 6.58. The van der Waals surface area contributed by atoms with Crippen LogP contribution in [-0.4, -0.2) is 67.9 Å². The van der Waals surface area contributed by atoms with Gasteiger partial charge in [-0.15, -0.1) is 0 Å². The minimum Gasteiger partial charge on any atom is -0.445 e. The Balaban J connectivity index is 1.71. The van der Waals surface area contributed by atoms with E-state index < -0.39 is 14.4 Å². The van der Waals surface area contributed by atoms with Gasteiger partial charge in [0.25, 0.3) is 11.8 Å². The van der Waals surface area contributed by atoms with Crippen LogP contribution in [0.2, 0.25) is 18.1 Å².